The van der Waals surface area contributed by atoms with Gasteiger partial charge in [-0.25, -0.2) is 0 Å². The van der Waals surface area contributed by atoms with E-state index in [2.05, 4.69) is 0 Å². The lowest BCUT2D eigenvalue weighted by molar-refractivity contribution is -0.143. The third kappa shape index (κ3) is 5.97. The van der Waals surface area contributed by atoms with Crippen LogP contribution in [0.3, 0.4) is 0 Å². The molecule has 0 saturated heterocycles. The number of alkyl halides is 9. The number of sulfonamides is 1. The highest BCUT2D eigenvalue weighted by Crippen LogP contribution is 2.37. The second-order valence-electron chi connectivity index (χ2n) is 5.99. The van der Waals surface area contributed by atoms with Gasteiger partial charge in [0.15, 0.2) is 0 Å². The maximum Gasteiger partial charge on any atom is 0.516 e. The van der Waals surface area contributed by atoms with E-state index in [4.69, 9.17) is 11.6 Å². The van der Waals surface area contributed by atoms with Gasteiger partial charge in [-0.1, -0.05) is 11.6 Å². The summed E-state index contributed by atoms with van der Waals surface area (Å²) in [5, 5.41) is 1.26. The van der Waals surface area contributed by atoms with Gasteiger partial charge in [0, 0.05) is 11.3 Å². The van der Waals surface area contributed by atoms with Crippen LogP contribution in [-0.4, -0.2) is 19.8 Å². The summed E-state index contributed by atoms with van der Waals surface area (Å²) in [6.07, 6.45) is -10.4. The number of carbonyl (C=O) groups is 1. The first-order chi connectivity index (χ1) is 14.3. The minimum atomic E-state index is -5.82. The monoisotopic (exact) mass is 514 g/mol. The molecular formula is C16H8ClF9N2O3S. The fourth-order valence-corrected chi connectivity index (χ4v) is 3.03. The summed E-state index contributed by atoms with van der Waals surface area (Å²) in [7, 11) is -5.82. The summed E-state index contributed by atoms with van der Waals surface area (Å²) in [6.45, 7) is 0. The van der Waals surface area contributed by atoms with E-state index in [0.717, 1.165) is 16.9 Å². The Morgan fingerprint density at radius 2 is 1.31 bits per heavy atom. The molecule has 0 unspecified atom stereocenters. The summed E-state index contributed by atoms with van der Waals surface area (Å²) in [6, 6.07) is 2.38. The van der Waals surface area contributed by atoms with Crippen LogP contribution < -0.4 is 10.0 Å². The Hall–Kier alpha value is -2.68. The molecule has 32 heavy (non-hydrogen) atoms. The third-order valence-corrected chi connectivity index (χ3v) is 5.04. The molecule has 5 nitrogen and oxygen atoms in total. The van der Waals surface area contributed by atoms with E-state index >= 15 is 0 Å². The molecule has 0 radical (unpaired) electrons. The van der Waals surface area contributed by atoms with E-state index in [1.54, 1.807) is 0 Å². The van der Waals surface area contributed by atoms with Gasteiger partial charge < -0.3 is 5.32 Å². The first kappa shape index (κ1) is 25.6. The molecule has 0 atom stereocenters. The minimum Gasteiger partial charge on any atom is -0.322 e. The van der Waals surface area contributed by atoms with Crippen LogP contribution in [0.5, 0.6) is 0 Å². The molecule has 0 aliphatic heterocycles. The van der Waals surface area contributed by atoms with Crippen molar-refractivity contribution >= 4 is 38.9 Å². The SMILES string of the molecule is O=C(Nc1ccc(NS(=O)(=O)C(F)(F)F)c(Cl)c1)c1cc(C(F)(F)F)cc(C(F)(F)F)c1. The van der Waals surface area contributed by atoms with Crippen molar-refractivity contribution in [2.75, 3.05) is 10.0 Å². The number of hydrogen-bond acceptors (Lipinski definition) is 3. The number of carbonyl (C=O) groups excluding carboxylic acids is 1. The maximum atomic E-state index is 12.9. The van der Waals surface area contributed by atoms with Crippen molar-refractivity contribution in [1.29, 1.82) is 0 Å². The van der Waals surface area contributed by atoms with Gasteiger partial charge in [-0.15, -0.1) is 0 Å². The normalized spacial score (nSPS) is 13.1. The van der Waals surface area contributed by atoms with Crippen molar-refractivity contribution in [3.8, 4) is 0 Å². The van der Waals surface area contributed by atoms with Gasteiger partial charge in [0.05, 0.1) is 21.8 Å². The van der Waals surface area contributed by atoms with Crippen LogP contribution in [0.4, 0.5) is 50.9 Å². The Kier molecular flexibility index (Phi) is 6.67. The smallest absolute Gasteiger partial charge is 0.322 e. The first-order valence-corrected chi connectivity index (χ1v) is 9.67. The Bertz CT molecular complexity index is 1110. The van der Waals surface area contributed by atoms with Crippen LogP contribution in [-0.2, 0) is 22.4 Å². The topological polar surface area (TPSA) is 75.3 Å². The van der Waals surface area contributed by atoms with Crippen molar-refractivity contribution in [3.05, 3.63) is 58.1 Å². The summed E-state index contributed by atoms with van der Waals surface area (Å²) < 4.78 is 138. The van der Waals surface area contributed by atoms with E-state index in [9.17, 15) is 52.7 Å². The van der Waals surface area contributed by atoms with Crippen molar-refractivity contribution in [3.63, 3.8) is 0 Å². The van der Waals surface area contributed by atoms with Crippen molar-refractivity contribution in [1.82, 2.24) is 0 Å². The molecule has 0 saturated carbocycles. The lowest BCUT2D eigenvalue weighted by Crippen LogP contribution is -2.30. The average molecular weight is 515 g/mol. The maximum absolute atomic E-state index is 12.9. The molecular weight excluding hydrogens is 507 g/mol. The Labute approximate surface area is 178 Å². The number of hydrogen-bond donors (Lipinski definition) is 2. The lowest BCUT2D eigenvalue weighted by Gasteiger charge is -2.15. The Morgan fingerprint density at radius 3 is 1.72 bits per heavy atom. The third-order valence-electron chi connectivity index (χ3n) is 3.63. The molecule has 0 fully saturated rings. The molecule has 0 aromatic heterocycles. The molecule has 176 valence electrons. The number of rotatable bonds is 4. The van der Waals surface area contributed by atoms with E-state index < -0.39 is 61.2 Å². The van der Waals surface area contributed by atoms with E-state index in [-0.39, 0.29) is 23.9 Å². The molecule has 0 aliphatic rings. The van der Waals surface area contributed by atoms with E-state index in [0.29, 0.717) is 6.07 Å². The molecule has 2 aromatic carbocycles. The zero-order chi connectivity index (χ0) is 24.7. The van der Waals surface area contributed by atoms with Gasteiger partial charge in [-0.05, 0) is 36.4 Å². The number of nitrogens with one attached hydrogen (secondary N) is 2. The van der Waals surface area contributed by atoms with Crippen molar-refractivity contribution < 1.29 is 52.7 Å². The zero-order valence-electron chi connectivity index (χ0n) is 14.9. The van der Waals surface area contributed by atoms with Crippen LogP contribution in [0.25, 0.3) is 0 Å². The quantitative estimate of drug-likeness (QED) is 0.500. The summed E-state index contributed by atoms with van der Waals surface area (Å²) in [4.78, 5) is 12.2. The predicted octanol–water partition coefficient (Wildman–Crippen LogP) is 5.89. The fraction of sp³-hybridized carbons (Fsp3) is 0.188. The lowest BCUT2D eigenvalue weighted by atomic mass is 10.0. The van der Waals surface area contributed by atoms with Crippen LogP contribution in [0.1, 0.15) is 21.5 Å². The average Bonchev–Trinajstić information content (AvgIpc) is 2.61. The number of amides is 1. The fourth-order valence-electron chi connectivity index (χ4n) is 2.17. The first-order valence-electron chi connectivity index (χ1n) is 7.81. The Balaban J connectivity index is 2.35. The molecule has 2 N–H and O–H groups in total. The van der Waals surface area contributed by atoms with Crippen molar-refractivity contribution in [2.45, 2.75) is 17.9 Å². The van der Waals surface area contributed by atoms with Crippen LogP contribution in [0, 0.1) is 0 Å². The highest BCUT2D eigenvalue weighted by Gasteiger charge is 2.46. The molecule has 0 heterocycles. The van der Waals surface area contributed by atoms with Gasteiger partial charge in [0.2, 0.25) is 0 Å². The standard InChI is InChI=1S/C16H8ClF9N2O3S/c17-11-6-10(1-2-12(11)28-32(30,31)16(24,25)26)27-13(29)7-3-8(14(18,19)20)5-9(4-7)15(21,22)23/h1-6,28H,(H,27,29). The second kappa shape index (κ2) is 8.35. The minimum absolute atomic E-state index is 0.165. The zero-order valence-corrected chi connectivity index (χ0v) is 16.4. The number of benzene rings is 2. The van der Waals surface area contributed by atoms with Gasteiger partial charge >= 0.3 is 27.9 Å². The second-order valence-corrected chi connectivity index (χ2v) is 8.08. The van der Waals surface area contributed by atoms with Gasteiger partial charge in [-0.2, -0.15) is 47.9 Å². The van der Waals surface area contributed by atoms with E-state index in [1.165, 1.54) is 0 Å². The van der Waals surface area contributed by atoms with Crippen LogP contribution in [0.15, 0.2) is 36.4 Å². The van der Waals surface area contributed by atoms with Crippen LogP contribution in [0.2, 0.25) is 5.02 Å². The Morgan fingerprint density at radius 1 is 0.812 bits per heavy atom. The predicted molar refractivity (Wildman–Crippen MR) is 94.4 cm³/mol. The number of anilines is 2. The van der Waals surface area contributed by atoms with Crippen molar-refractivity contribution in [2.24, 2.45) is 0 Å². The summed E-state index contributed by atoms with van der Waals surface area (Å²) in [5.74, 6) is -1.43. The molecule has 2 rings (SSSR count). The summed E-state index contributed by atoms with van der Waals surface area (Å²) in [5.41, 5.74) is -11.3. The molecule has 2 aromatic rings. The van der Waals surface area contributed by atoms with Crippen LogP contribution >= 0.6 is 11.6 Å². The molecule has 16 heteroatoms. The highest BCUT2D eigenvalue weighted by atomic mass is 35.5. The van der Waals surface area contributed by atoms with Gasteiger partial charge in [0.25, 0.3) is 5.91 Å². The molecule has 0 aliphatic carbocycles. The molecule has 1 amide bonds. The van der Waals surface area contributed by atoms with Gasteiger partial charge in [-0.3, -0.25) is 9.52 Å². The number of halogens is 10. The van der Waals surface area contributed by atoms with Gasteiger partial charge in [0.1, 0.15) is 0 Å². The highest BCUT2D eigenvalue weighted by molar-refractivity contribution is 7.93. The van der Waals surface area contributed by atoms with E-state index in [1.807, 2.05) is 5.32 Å². The molecule has 0 bridgehead atoms. The molecule has 0 spiro atoms. The summed E-state index contributed by atoms with van der Waals surface area (Å²) >= 11 is 5.64. The largest absolute Gasteiger partial charge is 0.516 e.